The van der Waals surface area contributed by atoms with Crippen LogP contribution in [0.15, 0.2) is 0 Å². The predicted octanol–water partition coefficient (Wildman–Crippen LogP) is -0.520. The Kier molecular flexibility index (Phi) is 4.85. The molecule has 0 aliphatic carbocycles. The number of rotatable bonds is 6. The highest BCUT2D eigenvalue weighted by molar-refractivity contribution is 4.89. The Labute approximate surface area is 79.6 Å². The Bertz CT molecular complexity index is 140. The first-order valence-electron chi connectivity index (χ1n) is 4.57. The average molecular weight is 191 g/mol. The maximum Gasteiger partial charge on any atom is 0.0912 e. The Morgan fingerprint density at radius 3 is 2.00 bits per heavy atom. The highest BCUT2D eigenvalue weighted by Gasteiger charge is 2.36. The van der Waals surface area contributed by atoms with Crippen LogP contribution in [0.4, 0.5) is 0 Å². The van der Waals surface area contributed by atoms with E-state index < -0.39 is 11.2 Å². The second-order valence-corrected chi connectivity index (χ2v) is 4.06. The summed E-state index contributed by atoms with van der Waals surface area (Å²) in [6.45, 7) is 5.95. The minimum Gasteiger partial charge on any atom is -0.395 e. The van der Waals surface area contributed by atoms with Crippen LogP contribution in [0.2, 0.25) is 0 Å². The molecule has 0 bridgehead atoms. The molecule has 0 fully saturated rings. The van der Waals surface area contributed by atoms with Gasteiger partial charge < -0.3 is 20.6 Å². The third kappa shape index (κ3) is 4.57. The highest BCUT2D eigenvalue weighted by atomic mass is 16.4. The fourth-order valence-corrected chi connectivity index (χ4v) is 0.842. The normalized spacial score (nSPS) is 17.1. The van der Waals surface area contributed by atoms with Crippen LogP contribution in [-0.2, 0) is 0 Å². The molecule has 0 spiro atoms. The summed E-state index contributed by atoms with van der Waals surface area (Å²) in [7, 11) is 0. The lowest BCUT2D eigenvalue weighted by atomic mass is 9.85. The van der Waals surface area contributed by atoms with E-state index >= 15 is 0 Å². The fraction of sp³-hybridized carbons (Fsp3) is 1.00. The number of aliphatic hydroxyl groups excluding tert-OH is 1. The molecule has 1 unspecified atom stereocenters. The largest absolute Gasteiger partial charge is 0.395 e. The molecule has 0 aromatic carbocycles. The van der Waals surface area contributed by atoms with Crippen molar-refractivity contribution in [3.63, 3.8) is 0 Å². The predicted molar refractivity (Wildman–Crippen MR) is 51.5 cm³/mol. The van der Waals surface area contributed by atoms with Gasteiger partial charge in [0.15, 0.2) is 0 Å². The van der Waals surface area contributed by atoms with Crippen LogP contribution < -0.4 is 5.32 Å². The molecule has 80 valence electrons. The molecule has 0 amide bonds. The molecule has 0 aromatic heterocycles. The van der Waals surface area contributed by atoms with Crippen molar-refractivity contribution in [3.8, 4) is 0 Å². The third-order valence-electron chi connectivity index (χ3n) is 2.40. The van der Waals surface area contributed by atoms with E-state index in [-0.39, 0.29) is 6.61 Å². The van der Waals surface area contributed by atoms with E-state index in [9.17, 15) is 10.2 Å². The Morgan fingerprint density at radius 2 is 1.62 bits per heavy atom. The fourth-order valence-electron chi connectivity index (χ4n) is 0.842. The number of hydrogen-bond acceptors (Lipinski definition) is 4. The van der Waals surface area contributed by atoms with Crippen molar-refractivity contribution in [1.29, 1.82) is 0 Å². The molecule has 0 saturated heterocycles. The first kappa shape index (κ1) is 12.8. The Balaban J connectivity index is 3.77. The van der Waals surface area contributed by atoms with Crippen molar-refractivity contribution in [3.05, 3.63) is 0 Å². The average Bonchev–Trinajstić information content (AvgIpc) is 1.96. The molecular formula is C9H21NO3. The van der Waals surface area contributed by atoms with Crippen molar-refractivity contribution < 1.29 is 15.3 Å². The molecule has 0 aliphatic heterocycles. The van der Waals surface area contributed by atoms with Gasteiger partial charge in [0.1, 0.15) is 0 Å². The minimum absolute atomic E-state index is 0.0880. The van der Waals surface area contributed by atoms with Gasteiger partial charge >= 0.3 is 0 Å². The van der Waals surface area contributed by atoms with Gasteiger partial charge in [0.05, 0.1) is 17.8 Å². The second-order valence-electron chi connectivity index (χ2n) is 4.06. The smallest absolute Gasteiger partial charge is 0.0912 e. The van der Waals surface area contributed by atoms with Gasteiger partial charge in [-0.25, -0.2) is 0 Å². The lowest BCUT2D eigenvalue weighted by Gasteiger charge is -2.35. The van der Waals surface area contributed by atoms with Gasteiger partial charge in [-0.1, -0.05) is 0 Å². The van der Waals surface area contributed by atoms with Crippen LogP contribution in [0.3, 0.4) is 0 Å². The van der Waals surface area contributed by atoms with E-state index in [1.165, 1.54) is 0 Å². The van der Waals surface area contributed by atoms with Crippen LogP contribution in [0.25, 0.3) is 0 Å². The van der Waals surface area contributed by atoms with Crippen molar-refractivity contribution in [2.75, 3.05) is 19.7 Å². The summed E-state index contributed by atoms with van der Waals surface area (Å²) in [4.78, 5) is 0. The van der Waals surface area contributed by atoms with Gasteiger partial charge in [-0.15, -0.1) is 0 Å². The van der Waals surface area contributed by atoms with Crippen LogP contribution in [0.1, 0.15) is 27.2 Å². The molecule has 1 atom stereocenters. The van der Waals surface area contributed by atoms with Gasteiger partial charge in [0.2, 0.25) is 0 Å². The molecule has 0 aliphatic rings. The van der Waals surface area contributed by atoms with Gasteiger partial charge in [-0.2, -0.15) is 0 Å². The minimum atomic E-state index is -1.10. The molecule has 0 aromatic rings. The van der Waals surface area contributed by atoms with E-state index in [1.807, 2.05) is 0 Å². The van der Waals surface area contributed by atoms with Crippen LogP contribution in [-0.4, -0.2) is 46.2 Å². The van der Waals surface area contributed by atoms with E-state index in [1.54, 1.807) is 20.8 Å². The Morgan fingerprint density at radius 1 is 1.08 bits per heavy atom. The molecule has 0 heterocycles. The zero-order chi connectivity index (χ0) is 10.5. The molecular weight excluding hydrogens is 170 g/mol. The van der Waals surface area contributed by atoms with Gasteiger partial charge in [0.25, 0.3) is 0 Å². The van der Waals surface area contributed by atoms with Crippen LogP contribution in [0, 0.1) is 0 Å². The number of aliphatic hydroxyl groups is 3. The number of hydrogen-bond donors (Lipinski definition) is 4. The first-order valence-corrected chi connectivity index (χ1v) is 4.57. The molecule has 0 saturated carbocycles. The zero-order valence-corrected chi connectivity index (χ0v) is 8.67. The summed E-state index contributed by atoms with van der Waals surface area (Å²) in [6.07, 6.45) is 0.455. The SMILES string of the molecule is CC(C)(O)C(C)(O)CCNCCO. The standard InChI is InChI=1S/C9H21NO3/c1-8(2,12)9(3,13)4-5-10-6-7-11/h10-13H,4-7H2,1-3H3. The van der Waals surface area contributed by atoms with Crippen molar-refractivity contribution in [1.82, 2.24) is 5.32 Å². The molecule has 13 heavy (non-hydrogen) atoms. The van der Waals surface area contributed by atoms with Gasteiger partial charge in [-0.05, 0) is 33.7 Å². The highest BCUT2D eigenvalue weighted by Crippen LogP contribution is 2.23. The van der Waals surface area contributed by atoms with Gasteiger partial charge in [-0.3, -0.25) is 0 Å². The maximum atomic E-state index is 9.80. The van der Waals surface area contributed by atoms with E-state index in [0.29, 0.717) is 19.5 Å². The van der Waals surface area contributed by atoms with Crippen molar-refractivity contribution >= 4 is 0 Å². The summed E-state index contributed by atoms with van der Waals surface area (Å²) in [6, 6.07) is 0. The molecule has 4 nitrogen and oxygen atoms in total. The Hall–Kier alpha value is -0.160. The van der Waals surface area contributed by atoms with E-state index in [0.717, 1.165) is 0 Å². The second kappa shape index (κ2) is 4.91. The quantitative estimate of drug-likeness (QED) is 0.426. The lowest BCUT2D eigenvalue weighted by molar-refractivity contribution is -0.123. The van der Waals surface area contributed by atoms with Crippen LogP contribution in [0.5, 0.6) is 0 Å². The van der Waals surface area contributed by atoms with Gasteiger partial charge in [0, 0.05) is 6.54 Å². The molecule has 4 N–H and O–H groups in total. The van der Waals surface area contributed by atoms with E-state index in [2.05, 4.69) is 5.32 Å². The number of nitrogens with one attached hydrogen (secondary N) is 1. The summed E-state index contributed by atoms with van der Waals surface area (Å²) in [5.74, 6) is 0. The zero-order valence-electron chi connectivity index (χ0n) is 8.67. The van der Waals surface area contributed by atoms with Crippen LogP contribution >= 0.6 is 0 Å². The topological polar surface area (TPSA) is 72.7 Å². The molecule has 4 heteroatoms. The van der Waals surface area contributed by atoms with Crippen molar-refractivity contribution in [2.24, 2.45) is 0 Å². The monoisotopic (exact) mass is 191 g/mol. The summed E-state index contributed by atoms with van der Waals surface area (Å²) >= 11 is 0. The summed E-state index contributed by atoms with van der Waals surface area (Å²) < 4.78 is 0. The molecule has 0 radical (unpaired) electrons. The summed E-state index contributed by atoms with van der Waals surface area (Å²) in [5.41, 5.74) is -2.21. The lowest BCUT2D eigenvalue weighted by Crippen LogP contribution is -2.49. The maximum absolute atomic E-state index is 9.80. The third-order valence-corrected chi connectivity index (χ3v) is 2.40. The molecule has 0 rings (SSSR count). The van der Waals surface area contributed by atoms with E-state index in [4.69, 9.17) is 5.11 Å². The first-order chi connectivity index (χ1) is 5.81. The van der Waals surface area contributed by atoms with Crippen molar-refractivity contribution in [2.45, 2.75) is 38.4 Å². The summed E-state index contributed by atoms with van der Waals surface area (Å²) in [5, 5.41) is 30.8.